The monoisotopic (exact) mass is 428 g/mol. The van der Waals surface area contributed by atoms with Gasteiger partial charge in [-0.15, -0.1) is 0 Å². The van der Waals surface area contributed by atoms with E-state index in [-0.39, 0.29) is 5.41 Å². The highest BCUT2D eigenvalue weighted by atomic mass is 16.5. The first kappa shape index (κ1) is 21.3. The SMILES string of the molecule is COC(=O)[C@@H](NC(=O)c1nn(-c2c[n+](=O)cc[nH]2)c2c1C[C@@H]1CCC[C@@]21C)C(C)(C)C. The Labute approximate surface area is 180 Å². The zero-order valence-corrected chi connectivity index (χ0v) is 18.7. The van der Waals surface area contributed by atoms with E-state index in [0.717, 1.165) is 36.9 Å². The van der Waals surface area contributed by atoms with Crippen LogP contribution in [0.3, 0.4) is 0 Å². The van der Waals surface area contributed by atoms with Crippen LogP contribution in [-0.2, 0) is 21.4 Å². The van der Waals surface area contributed by atoms with Crippen molar-refractivity contribution in [1.82, 2.24) is 20.1 Å². The highest BCUT2D eigenvalue weighted by molar-refractivity contribution is 5.97. The van der Waals surface area contributed by atoms with Crippen molar-refractivity contribution in [2.75, 3.05) is 7.11 Å². The Balaban J connectivity index is 1.81. The van der Waals surface area contributed by atoms with Crippen molar-refractivity contribution in [3.8, 4) is 5.82 Å². The maximum atomic E-state index is 13.3. The van der Waals surface area contributed by atoms with E-state index in [4.69, 9.17) is 4.74 Å². The molecule has 0 aromatic carbocycles. The molecule has 0 bridgehead atoms. The summed E-state index contributed by atoms with van der Waals surface area (Å²) in [4.78, 5) is 40.6. The summed E-state index contributed by atoms with van der Waals surface area (Å²) in [6.45, 7) is 7.83. The average molecular weight is 429 g/mol. The minimum atomic E-state index is -0.811. The van der Waals surface area contributed by atoms with Crippen molar-refractivity contribution in [2.45, 2.75) is 64.8 Å². The molecule has 3 atom stereocenters. The molecule has 2 aromatic heterocycles. The first-order valence-corrected chi connectivity index (χ1v) is 10.7. The summed E-state index contributed by atoms with van der Waals surface area (Å²) in [5, 5.41) is 7.48. The average Bonchev–Trinajstić information content (AvgIpc) is 3.33. The zero-order chi connectivity index (χ0) is 22.6. The molecule has 4 rings (SSSR count). The van der Waals surface area contributed by atoms with Gasteiger partial charge in [0.2, 0.25) is 12.0 Å². The molecule has 0 aliphatic heterocycles. The molecule has 2 aliphatic rings. The van der Waals surface area contributed by atoms with E-state index < -0.39 is 23.3 Å². The standard InChI is InChI=1S/C22H29N5O4/c1-21(2,3)17(20(29)31-5)24-19(28)16-14-11-13-7-6-8-22(13,4)18(14)27(25-16)15-12-26(30)10-9-23-15/h9-10,12-13,17H,6-8,11H2,1-5H3,(H-,23,24,28,30)/p+1/t13-,17+,22+/m0/s1. The van der Waals surface area contributed by atoms with Gasteiger partial charge in [-0.2, -0.15) is 5.10 Å². The van der Waals surface area contributed by atoms with Gasteiger partial charge in [-0.25, -0.2) is 9.48 Å². The number of H-pyrrole nitrogens is 1. The van der Waals surface area contributed by atoms with E-state index in [1.54, 1.807) is 10.9 Å². The zero-order valence-electron chi connectivity index (χ0n) is 18.7. The molecular formula is C22H30N5O4+. The van der Waals surface area contributed by atoms with Crippen LogP contribution in [0.2, 0.25) is 0 Å². The predicted molar refractivity (Wildman–Crippen MR) is 112 cm³/mol. The number of amides is 1. The number of esters is 1. The fourth-order valence-corrected chi connectivity index (χ4v) is 5.17. The lowest BCUT2D eigenvalue weighted by atomic mass is 9.81. The van der Waals surface area contributed by atoms with Crippen LogP contribution in [0.25, 0.3) is 5.82 Å². The van der Waals surface area contributed by atoms with Crippen LogP contribution in [0.1, 0.15) is 68.7 Å². The minimum Gasteiger partial charge on any atom is -0.467 e. The number of fused-ring (bicyclic) bond motifs is 3. The highest BCUT2D eigenvalue weighted by Gasteiger charge is 2.51. The number of nitrogens with one attached hydrogen (secondary N) is 2. The lowest BCUT2D eigenvalue weighted by molar-refractivity contribution is -0.495. The van der Waals surface area contributed by atoms with Crippen LogP contribution < -0.4 is 9.74 Å². The second kappa shape index (κ2) is 7.32. The normalized spacial score (nSPS) is 23.2. The molecule has 2 aromatic rings. The molecule has 0 saturated heterocycles. The number of nitrogens with zero attached hydrogens (tertiary/aromatic N) is 3. The summed E-state index contributed by atoms with van der Waals surface area (Å²) in [5.74, 6) is 0.0294. The van der Waals surface area contributed by atoms with E-state index in [1.165, 1.54) is 19.5 Å². The van der Waals surface area contributed by atoms with Gasteiger partial charge < -0.3 is 15.0 Å². The molecule has 2 N–H and O–H groups in total. The molecule has 31 heavy (non-hydrogen) atoms. The van der Waals surface area contributed by atoms with E-state index in [2.05, 4.69) is 22.3 Å². The Morgan fingerprint density at radius 1 is 1.42 bits per heavy atom. The molecule has 0 unspecified atom stereocenters. The van der Waals surface area contributed by atoms with Crippen LogP contribution in [0, 0.1) is 16.2 Å². The van der Waals surface area contributed by atoms with E-state index in [0.29, 0.717) is 21.9 Å². The van der Waals surface area contributed by atoms with Gasteiger partial charge in [0.1, 0.15) is 6.04 Å². The highest BCUT2D eigenvalue weighted by Crippen LogP contribution is 2.54. The van der Waals surface area contributed by atoms with Crippen molar-refractivity contribution in [3.05, 3.63) is 40.4 Å². The van der Waals surface area contributed by atoms with Gasteiger partial charge in [-0.1, -0.05) is 34.1 Å². The summed E-state index contributed by atoms with van der Waals surface area (Å²) in [7, 11) is 1.31. The fraction of sp³-hybridized carbons (Fsp3) is 0.591. The smallest absolute Gasteiger partial charge is 0.328 e. The third kappa shape index (κ3) is 3.45. The van der Waals surface area contributed by atoms with Crippen molar-refractivity contribution in [1.29, 1.82) is 0 Å². The second-order valence-corrected chi connectivity index (χ2v) is 9.93. The largest absolute Gasteiger partial charge is 0.467 e. The first-order valence-electron chi connectivity index (χ1n) is 10.7. The third-order valence-electron chi connectivity index (χ3n) is 6.85. The van der Waals surface area contributed by atoms with Gasteiger partial charge in [0.05, 0.1) is 23.4 Å². The Hall–Kier alpha value is -2.97. The molecule has 1 fully saturated rings. The number of aromatic amines is 1. The second-order valence-electron chi connectivity index (χ2n) is 9.93. The Bertz CT molecular complexity index is 1100. The predicted octanol–water partition coefficient (Wildman–Crippen LogP) is 2.05. The van der Waals surface area contributed by atoms with Gasteiger partial charge in [-0.3, -0.25) is 4.79 Å². The molecule has 0 radical (unpaired) electrons. The summed E-state index contributed by atoms with van der Waals surface area (Å²) in [6.07, 6.45) is 8.32. The molecule has 1 amide bonds. The molecular weight excluding hydrogens is 398 g/mol. The van der Waals surface area contributed by atoms with E-state index >= 15 is 0 Å². The topological polar surface area (TPSA) is 112 Å². The lowest BCUT2D eigenvalue weighted by Crippen LogP contribution is -2.49. The van der Waals surface area contributed by atoms with Crippen molar-refractivity contribution >= 4 is 11.9 Å². The number of hydrogen-bond acceptors (Lipinski definition) is 5. The van der Waals surface area contributed by atoms with E-state index in [1.807, 2.05) is 20.8 Å². The van der Waals surface area contributed by atoms with Gasteiger partial charge in [0, 0.05) is 15.9 Å². The summed E-state index contributed by atoms with van der Waals surface area (Å²) in [6, 6.07) is -0.811. The molecule has 9 nitrogen and oxygen atoms in total. The van der Waals surface area contributed by atoms with Crippen LogP contribution in [0.5, 0.6) is 0 Å². The lowest BCUT2D eigenvalue weighted by Gasteiger charge is -2.28. The maximum absolute atomic E-state index is 13.3. The number of methoxy groups -OCH3 is 1. The fourth-order valence-electron chi connectivity index (χ4n) is 5.17. The molecule has 166 valence electrons. The number of ether oxygens (including phenoxy) is 1. The quantitative estimate of drug-likeness (QED) is 0.572. The van der Waals surface area contributed by atoms with Crippen molar-refractivity contribution in [3.63, 3.8) is 0 Å². The summed E-state index contributed by atoms with van der Waals surface area (Å²) in [5.41, 5.74) is 1.55. The van der Waals surface area contributed by atoms with Gasteiger partial charge in [-0.05, 0) is 30.6 Å². The van der Waals surface area contributed by atoms with Gasteiger partial charge in [0.25, 0.3) is 12.1 Å². The Kier molecular flexibility index (Phi) is 5.02. The Morgan fingerprint density at radius 2 is 2.16 bits per heavy atom. The maximum Gasteiger partial charge on any atom is 0.328 e. The third-order valence-corrected chi connectivity index (χ3v) is 6.85. The minimum absolute atomic E-state index is 0.107. The first-order chi connectivity index (χ1) is 14.6. The van der Waals surface area contributed by atoms with E-state index in [9.17, 15) is 14.5 Å². The van der Waals surface area contributed by atoms with Gasteiger partial charge >= 0.3 is 5.97 Å². The van der Waals surface area contributed by atoms with Crippen LogP contribution in [0.4, 0.5) is 0 Å². The Morgan fingerprint density at radius 3 is 2.81 bits per heavy atom. The van der Waals surface area contributed by atoms with Crippen LogP contribution in [-0.4, -0.2) is 39.8 Å². The number of carbonyl (C=O) groups excluding carboxylic acids is 2. The number of rotatable bonds is 4. The van der Waals surface area contributed by atoms with Crippen LogP contribution >= 0.6 is 0 Å². The molecule has 0 spiro atoms. The van der Waals surface area contributed by atoms with Gasteiger partial charge in [0.15, 0.2) is 5.69 Å². The number of hydrogen-bond donors (Lipinski definition) is 2. The molecule has 1 saturated carbocycles. The number of aromatic nitrogens is 4. The summed E-state index contributed by atoms with van der Waals surface area (Å²) >= 11 is 0. The molecule has 2 heterocycles. The van der Waals surface area contributed by atoms with Crippen molar-refractivity contribution in [2.24, 2.45) is 11.3 Å². The summed E-state index contributed by atoms with van der Waals surface area (Å²) < 4.78 is 7.32. The molecule has 9 heteroatoms. The molecule has 2 aliphatic carbocycles. The number of carbonyl (C=O) groups is 2. The van der Waals surface area contributed by atoms with Crippen molar-refractivity contribution < 1.29 is 18.8 Å². The van der Waals surface area contributed by atoms with Crippen LogP contribution in [0.15, 0.2) is 18.6 Å².